The number of aliphatic carboxylic acids is 1. The monoisotopic (exact) mass is 315 g/mol. The van der Waals surface area contributed by atoms with Gasteiger partial charge in [0.1, 0.15) is 6.04 Å². The number of carboxylic acids is 1. The number of rotatable bonds is 8. The first-order valence-electron chi connectivity index (χ1n) is 7.70. The topological polar surface area (TPSA) is 84.2 Å². The fourth-order valence-electron chi connectivity index (χ4n) is 2.24. The van der Waals surface area contributed by atoms with Crippen molar-refractivity contribution in [2.75, 3.05) is 0 Å². The first kappa shape index (κ1) is 16.7. The van der Waals surface area contributed by atoms with Crippen LogP contribution in [0.3, 0.4) is 0 Å². The van der Waals surface area contributed by atoms with Crippen molar-refractivity contribution in [2.45, 2.75) is 38.8 Å². The molecule has 6 heteroatoms. The van der Waals surface area contributed by atoms with Gasteiger partial charge in [-0.2, -0.15) is 5.10 Å². The van der Waals surface area contributed by atoms with E-state index in [2.05, 4.69) is 10.4 Å². The second kappa shape index (κ2) is 8.12. The van der Waals surface area contributed by atoms with E-state index in [1.807, 2.05) is 37.3 Å². The molecule has 122 valence electrons. The van der Waals surface area contributed by atoms with Crippen LogP contribution in [0, 0.1) is 0 Å². The molecule has 0 saturated carbocycles. The third-order valence-electron chi connectivity index (χ3n) is 3.53. The van der Waals surface area contributed by atoms with E-state index < -0.39 is 17.9 Å². The van der Waals surface area contributed by atoms with Gasteiger partial charge >= 0.3 is 5.97 Å². The number of carboxylic acid groups (broad SMARTS) is 1. The molecule has 1 heterocycles. The summed E-state index contributed by atoms with van der Waals surface area (Å²) in [5, 5.41) is 15.9. The average molecular weight is 315 g/mol. The third-order valence-corrected chi connectivity index (χ3v) is 3.53. The first-order chi connectivity index (χ1) is 11.1. The molecule has 0 aliphatic carbocycles. The van der Waals surface area contributed by atoms with Crippen LogP contribution in [0.4, 0.5) is 0 Å². The summed E-state index contributed by atoms with van der Waals surface area (Å²) < 4.78 is 1.66. The fraction of sp³-hybridized carbons (Fsp3) is 0.353. The standard InChI is InChI=1S/C17H21N3O3/c1-2-3-9-15(17(22)23)19-16(21)14-10-18-20(12-14)11-13-7-5-4-6-8-13/h4-8,10,12,15H,2-3,9,11H2,1H3,(H,19,21)(H,22,23). The van der Waals surface area contributed by atoms with Crippen molar-refractivity contribution in [3.8, 4) is 0 Å². The predicted molar refractivity (Wildman–Crippen MR) is 86.2 cm³/mol. The highest BCUT2D eigenvalue weighted by Crippen LogP contribution is 2.06. The zero-order valence-electron chi connectivity index (χ0n) is 13.1. The summed E-state index contributed by atoms with van der Waals surface area (Å²) in [5.74, 6) is -1.42. The zero-order chi connectivity index (χ0) is 16.7. The molecule has 0 saturated heterocycles. The Morgan fingerprint density at radius 3 is 2.70 bits per heavy atom. The minimum Gasteiger partial charge on any atom is -0.480 e. The maximum absolute atomic E-state index is 12.2. The fourth-order valence-corrected chi connectivity index (χ4v) is 2.24. The molecule has 0 radical (unpaired) electrons. The molecule has 2 N–H and O–H groups in total. The zero-order valence-corrected chi connectivity index (χ0v) is 13.1. The van der Waals surface area contributed by atoms with Gasteiger partial charge in [0.25, 0.3) is 5.91 Å². The molecule has 0 spiro atoms. The number of amides is 1. The molecule has 2 rings (SSSR count). The Balaban J connectivity index is 1.98. The summed E-state index contributed by atoms with van der Waals surface area (Å²) >= 11 is 0. The van der Waals surface area contributed by atoms with E-state index in [9.17, 15) is 9.59 Å². The second-order valence-electron chi connectivity index (χ2n) is 5.42. The van der Waals surface area contributed by atoms with Crippen molar-refractivity contribution in [3.05, 3.63) is 53.9 Å². The quantitative estimate of drug-likeness (QED) is 0.783. The lowest BCUT2D eigenvalue weighted by molar-refractivity contribution is -0.139. The van der Waals surface area contributed by atoms with Crippen molar-refractivity contribution in [1.29, 1.82) is 0 Å². The summed E-state index contributed by atoms with van der Waals surface area (Å²) in [4.78, 5) is 23.3. The number of nitrogens with zero attached hydrogens (tertiary/aromatic N) is 2. The summed E-state index contributed by atoms with van der Waals surface area (Å²) in [6.07, 6.45) is 5.15. The molecule has 6 nitrogen and oxygen atoms in total. The number of benzene rings is 1. The van der Waals surface area contributed by atoms with Gasteiger partial charge in [0.2, 0.25) is 0 Å². The van der Waals surface area contributed by atoms with E-state index in [1.54, 1.807) is 10.9 Å². The van der Waals surface area contributed by atoms with E-state index in [4.69, 9.17) is 5.11 Å². The minimum atomic E-state index is -1.01. The van der Waals surface area contributed by atoms with Gasteiger partial charge in [-0.05, 0) is 12.0 Å². The second-order valence-corrected chi connectivity index (χ2v) is 5.42. The van der Waals surface area contributed by atoms with Crippen LogP contribution in [-0.4, -0.2) is 32.8 Å². The average Bonchev–Trinajstić information content (AvgIpc) is 3.00. The van der Waals surface area contributed by atoms with Crippen molar-refractivity contribution in [2.24, 2.45) is 0 Å². The molecule has 23 heavy (non-hydrogen) atoms. The van der Waals surface area contributed by atoms with Crippen LogP contribution in [0.2, 0.25) is 0 Å². The molecular formula is C17H21N3O3. The Kier molecular flexibility index (Phi) is 5.91. The van der Waals surface area contributed by atoms with Crippen LogP contribution in [0.1, 0.15) is 42.1 Å². The Morgan fingerprint density at radius 2 is 2.04 bits per heavy atom. The normalized spacial score (nSPS) is 11.9. The molecule has 0 aliphatic heterocycles. The highest BCUT2D eigenvalue weighted by atomic mass is 16.4. The highest BCUT2D eigenvalue weighted by molar-refractivity contribution is 5.96. The number of carbonyl (C=O) groups excluding carboxylic acids is 1. The van der Waals surface area contributed by atoms with Crippen molar-refractivity contribution in [3.63, 3.8) is 0 Å². The van der Waals surface area contributed by atoms with Crippen LogP contribution in [0.5, 0.6) is 0 Å². The van der Waals surface area contributed by atoms with E-state index >= 15 is 0 Å². The Labute approximate surface area is 135 Å². The molecule has 0 aliphatic rings. The van der Waals surface area contributed by atoms with E-state index in [0.29, 0.717) is 18.5 Å². The predicted octanol–water partition coefficient (Wildman–Crippen LogP) is 2.30. The SMILES string of the molecule is CCCCC(NC(=O)c1cnn(Cc2ccccc2)c1)C(=O)O. The minimum absolute atomic E-state index is 0.365. The number of unbranched alkanes of at least 4 members (excludes halogenated alkanes) is 1. The van der Waals surface area contributed by atoms with Crippen LogP contribution in [-0.2, 0) is 11.3 Å². The van der Waals surface area contributed by atoms with Crippen LogP contribution >= 0.6 is 0 Å². The highest BCUT2D eigenvalue weighted by Gasteiger charge is 2.20. The van der Waals surface area contributed by atoms with Crippen LogP contribution in [0.15, 0.2) is 42.7 Å². The van der Waals surface area contributed by atoms with Crippen molar-refractivity contribution in [1.82, 2.24) is 15.1 Å². The summed E-state index contributed by atoms with van der Waals surface area (Å²) in [5.41, 5.74) is 1.44. The Bertz CT molecular complexity index is 652. The van der Waals surface area contributed by atoms with Gasteiger partial charge in [0.15, 0.2) is 0 Å². The Hall–Kier alpha value is -2.63. The molecule has 2 aromatic rings. The lowest BCUT2D eigenvalue weighted by Gasteiger charge is -2.13. The molecule has 1 aromatic carbocycles. The Morgan fingerprint density at radius 1 is 1.30 bits per heavy atom. The number of hydrogen-bond donors (Lipinski definition) is 2. The van der Waals surface area contributed by atoms with Gasteiger partial charge in [-0.25, -0.2) is 4.79 Å². The van der Waals surface area contributed by atoms with Gasteiger partial charge in [-0.3, -0.25) is 9.48 Å². The molecular weight excluding hydrogens is 294 g/mol. The molecule has 1 amide bonds. The number of carbonyl (C=O) groups is 2. The van der Waals surface area contributed by atoms with E-state index in [1.165, 1.54) is 6.20 Å². The van der Waals surface area contributed by atoms with E-state index in [-0.39, 0.29) is 0 Å². The number of aromatic nitrogens is 2. The maximum Gasteiger partial charge on any atom is 0.326 e. The van der Waals surface area contributed by atoms with Gasteiger partial charge in [0.05, 0.1) is 18.3 Å². The van der Waals surface area contributed by atoms with Gasteiger partial charge in [0, 0.05) is 6.20 Å². The first-order valence-corrected chi connectivity index (χ1v) is 7.70. The molecule has 0 bridgehead atoms. The summed E-state index contributed by atoms with van der Waals surface area (Å²) in [6, 6.07) is 8.92. The number of hydrogen-bond acceptors (Lipinski definition) is 3. The van der Waals surface area contributed by atoms with Crippen molar-refractivity contribution < 1.29 is 14.7 Å². The van der Waals surface area contributed by atoms with Crippen LogP contribution in [0.25, 0.3) is 0 Å². The van der Waals surface area contributed by atoms with Crippen LogP contribution < -0.4 is 5.32 Å². The van der Waals surface area contributed by atoms with E-state index in [0.717, 1.165) is 18.4 Å². The molecule has 1 aromatic heterocycles. The van der Waals surface area contributed by atoms with Crippen molar-refractivity contribution >= 4 is 11.9 Å². The third kappa shape index (κ3) is 4.95. The summed E-state index contributed by atoms with van der Waals surface area (Å²) in [6.45, 7) is 2.54. The maximum atomic E-state index is 12.2. The summed E-state index contributed by atoms with van der Waals surface area (Å²) in [7, 11) is 0. The largest absolute Gasteiger partial charge is 0.480 e. The van der Waals surface area contributed by atoms with Gasteiger partial charge < -0.3 is 10.4 Å². The molecule has 1 unspecified atom stereocenters. The van der Waals surface area contributed by atoms with Gasteiger partial charge in [-0.1, -0.05) is 50.1 Å². The number of nitrogens with one attached hydrogen (secondary N) is 1. The smallest absolute Gasteiger partial charge is 0.326 e. The van der Waals surface area contributed by atoms with Gasteiger partial charge in [-0.15, -0.1) is 0 Å². The molecule has 1 atom stereocenters. The molecule has 0 fully saturated rings. The lowest BCUT2D eigenvalue weighted by Crippen LogP contribution is -2.40. The lowest BCUT2D eigenvalue weighted by atomic mass is 10.1.